The number of benzene rings is 1. The maximum Gasteiger partial charge on any atom is 0.227 e. The molecule has 0 bridgehead atoms. The molecule has 0 saturated heterocycles. The Bertz CT molecular complexity index is 467. The Morgan fingerprint density at radius 3 is 2.48 bits per heavy atom. The van der Waals surface area contributed by atoms with Crippen LogP contribution in [0.15, 0.2) is 24.3 Å². The van der Waals surface area contributed by atoms with Gasteiger partial charge in [0.2, 0.25) is 5.91 Å². The number of carbonyl (C=O) groups is 1. The first-order valence-corrected chi connectivity index (χ1v) is 7.96. The van der Waals surface area contributed by atoms with Gasteiger partial charge in [-0.1, -0.05) is 27.2 Å². The van der Waals surface area contributed by atoms with Crippen molar-refractivity contribution in [3.05, 3.63) is 24.3 Å². The van der Waals surface area contributed by atoms with Crippen molar-refractivity contribution in [1.82, 2.24) is 0 Å². The van der Waals surface area contributed by atoms with E-state index in [4.69, 9.17) is 4.74 Å². The van der Waals surface area contributed by atoms with E-state index in [1.807, 2.05) is 24.3 Å². The number of methoxy groups -OCH3 is 1. The van der Waals surface area contributed by atoms with Crippen LogP contribution in [-0.4, -0.2) is 13.0 Å². The van der Waals surface area contributed by atoms with Gasteiger partial charge in [0.05, 0.1) is 7.11 Å². The average molecular weight is 289 g/mol. The van der Waals surface area contributed by atoms with Crippen LogP contribution in [0, 0.1) is 23.7 Å². The standard InChI is InChI=1S/C18H27NO2/c1-12(2)16-10-5-13(3)11-17(16)18(20)19-14-6-8-15(21-4)9-7-14/h6-9,12-13,16-17H,5,10-11H2,1-4H3,(H,19,20)/t13-,16?,17-/m1/s1. The summed E-state index contributed by atoms with van der Waals surface area (Å²) in [4.78, 5) is 12.6. The Morgan fingerprint density at radius 2 is 1.90 bits per heavy atom. The molecule has 21 heavy (non-hydrogen) atoms. The molecule has 0 radical (unpaired) electrons. The number of hydrogen-bond donors (Lipinski definition) is 1. The first-order valence-electron chi connectivity index (χ1n) is 7.96. The zero-order chi connectivity index (χ0) is 15.4. The summed E-state index contributed by atoms with van der Waals surface area (Å²) >= 11 is 0. The summed E-state index contributed by atoms with van der Waals surface area (Å²) in [6, 6.07) is 7.54. The zero-order valence-electron chi connectivity index (χ0n) is 13.6. The predicted molar refractivity (Wildman–Crippen MR) is 86.5 cm³/mol. The molecule has 2 rings (SSSR count). The molecule has 0 heterocycles. The first-order chi connectivity index (χ1) is 10.0. The summed E-state index contributed by atoms with van der Waals surface area (Å²) in [6.45, 7) is 6.72. The van der Waals surface area contributed by atoms with Crippen molar-refractivity contribution in [2.45, 2.75) is 40.0 Å². The van der Waals surface area contributed by atoms with Crippen LogP contribution < -0.4 is 10.1 Å². The van der Waals surface area contributed by atoms with E-state index in [2.05, 4.69) is 26.1 Å². The van der Waals surface area contributed by atoms with Crippen LogP contribution in [0.1, 0.15) is 40.0 Å². The minimum absolute atomic E-state index is 0.135. The van der Waals surface area contributed by atoms with Crippen molar-refractivity contribution < 1.29 is 9.53 Å². The minimum atomic E-state index is 0.135. The minimum Gasteiger partial charge on any atom is -0.497 e. The van der Waals surface area contributed by atoms with E-state index >= 15 is 0 Å². The zero-order valence-corrected chi connectivity index (χ0v) is 13.6. The fourth-order valence-electron chi connectivity index (χ4n) is 3.41. The van der Waals surface area contributed by atoms with Crippen LogP contribution in [0.25, 0.3) is 0 Å². The molecule has 1 unspecified atom stereocenters. The van der Waals surface area contributed by atoms with Crippen molar-refractivity contribution in [2.75, 3.05) is 12.4 Å². The molecular weight excluding hydrogens is 262 g/mol. The predicted octanol–water partition coefficient (Wildman–Crippen LogP) is 4.34. The Kier molecular flexibility index (Phi) is 5.27. The molecule has 3 nitrogen and oxygen atoms in total. The number of hydrogen-bond acceptors (Lipinski definition) is 2. The molecular formula is C18H27NO2. The third-order valence-corrected chi connectivity index (χ3v) is 4.72. The van der Waals surface area contributed by atoms with Crippen LogP contribution >= 0.6 is 0 Å². The van der Waals surface area contributed by atoms with Gasteiger partial charge in [-0.15, -0.1) is 0 Å². The molecule has 0 spiro atoms. The summed E-state index contributed by atoms with van der Waals surface area (Å²) < 4.78 is 5.14. The number of carbonyl (C=O) groups excluding carboxylic acids is 1. The molecule has 1 aromatic carbocycles. The quantitative estimate of drug-likeness (QED) is 0.895. The highest BCUT2D eigenvalue weighted by molar-refractivity contribution is 5.92. The highest BCUT2D eigenvalue weighted by Gasteiger charge is 2.35. The highest BCUT2D eigenvalue weighted by atomic mass is 16.5. The first kappa shape index (κ1) is 15.9. The number of nitrogens with one attached hydrogen (secondary N) is 1. The van der Waals surface area contributed by atoms with Gasteiger partial charge in [-0.2, -0.15) is 0 Å². The van der Waals surface area contributed by atoms with E-state index in [0.29, 0.717) is 17.8 Å². The third-order valence-electron chi connectivity index (χ3n) is 4.72. The Morgan fingerprint density at radius 1 is 1.24 bits per heavy atom. The fraction of sp³-hybridized carbons (Fsp3) is 0.611. The Hall–Kier alpha value is -1.51. The Labute approximate surface area is 128 Å². The summed E-state index contributed by atoms with van der Waals surface area (Å²) in [6.07, 6.45) is 3.42. The lowest BCUT2D eigenvalue weighted by molar-refractivity contribution is -0.123. The average Bonchev–Trinajstić information content (AvgIpc) is 2.47. The van der Waals surface area contributed by atoms with E-state index in [0.717, 1.165) is 17.9 Å². The summed E-state index contributed by atoms with van der Waals surface area (Å²) in [5.41, 5.74) is 0.849. The molecule has 1 fully saturated rings. The van der Waals surface area contributed by atoms with Crippen molar-refractivity contribution in [2.24, 2.45) is 23.7 Å². The molecule has 1 amide bonds. The van der Waals surface area contributed by atoms with Crippen molar-refractivity contribution in [1.29, 1.82) is 0 Å². The number of rotatable bonds is 4. The summed E-state index contributed by atoms with van der Waals surface area (Å²) in [7, 11) is 1.64. The molecule has 1 aromatic rings. The van der Waals surface area contributed by atoms with E-state index < -0.39 is 0 Å². The SMILES string of the molecule is COc1ccc(NC(=O)[C@@H]2C[C@H](C)CCC2C(C)C)cc1. The molecule has 1 aliphatic carbocycles. The van der Waals surface area contributed by atoms with Crippen LogP contribution in [-0.2, 0) is 4.79 Å². The van der Waals surface area contributed by atoms with Crippen LogP contribution in [0.4, 0.5) is 5.69 Å². The normalized spacial score (nSPS) is 25.7. The van der Waals surface area contributed by atoms with Gasteiger partial charge < -0.3 is 10.1 Å². The van der Waals surface area contributed by atoms with Gasteiger partial charge in [-0.25, -0.2) is 0 Å². The monoisotopic (exact) mass is 289 g/mol. The number of anilines is 1. The molecule has 1 saturated carbocycles. The second-order valence-electron chi connectivity index (χ2n) is 6.65. The largest absolute Gasteiger partial charge is 0.497 e. The van der Waals surface area contributed by atoms with E-state index in [1.165, 1.54) is 12.8 Å². The third kappa shape index (κ3) is 3.99. The van der Waals surface area contributed by atoms with Crippen molar-refractivity contribution in [3.63, 3.8) is 0 Å². The second-order valence-corrected chi connectivity index (χ2v) is 6.65. The van der Waals surface area contributed by atoms with Gasteiger partial charge in [0.1, 0.15) is 5.75 Å². The van der Waals surface area contributed by atoms with Crippen molar-refractivity contribution >= 4 is 11.6 Å². The topological polar surface area (TPSA) is 38.3 Å². The summed E-state index contributed by atoms with van der Waals surface area (Å²) in [5.74, 6) is 2.82. The lowest BCUT2D eigenvalue weighted by Gasteiger charge is -2.36. The maximum atomic E-state index is 12.6. The number of ether oxygens (including phenoxy) is 1. The number of amides is 1. The molecule has 1 N–H and O–H groups in total. The van der Waals surface area contributed by atoms with Gasteiger partial charge in [0.15, 0.2) is 0 Å². The highest BCUT2D eigenvalue weighted by Crippen LogP contribution is 2.38. The van der Waals surface area contributed by atoms with Crippen molar-refractivity contribution in [3.8, 4) is 5.75 Å². The van der Waals surface area contributed by atoms with Crippen LogP contribution in [0.2, 0.25) is 0 Å². The molecule has 3 heteroatoms. The van der Waals surface area contributed by atoms with Gasteiger partial charge in [0.25, 0.3) is 0 Å². The van der Waals surface area contributed by atoms with Gasteiger partial charge in [0, 0.05) is 11.6 Å². The second kappa shape index (κ2) is 6.97. The van der Waals surface area contributed by atoms with E-state index in [1.54, 1.807) is 7.11 Å². The molecule has 0 aromatic heterocycles. The van der Waals surface area contributed by atoms with Crippen LogP contribution in [0.5, 0.6) is 5.75 Å². The Balaban J connectivity index is 2.05. The molecule has 116 valence electrons. The van der Waals surface area contributed by atoms with E-state index in [-0.39, 0.29) is 11.8 Å². The molecule has 3 atom stereocenters. The summed E-state index contributed by atoms with van der Waals surface area (Å²) in [5, 5.41) is 3.07. The maximum absolute atomic E-state index is 12.6. The van der Waals surface area contributed by atoms with E-state index in [9.17, 15) is 4.79 Å². The lowest BCUT2D eigenvalue weighted by atomic mass is 9.70. The lowest BCUT2D eigenvalue weighted by Crippen LogP contribution is -2.36. The van der Waals surface area contributed by atoms with Gasteiger partial charge in [-0.05, 0) is 54.9 Å². The molecule has 1 aliphatic rings. The van der Waals surface area contributed by atoms with Crippen LogP contribution in [0.3, 0.4) is 0 Å². The van der Waals surface area contributed by atoms with Gasteiger partial charge >= 0.3 is 0 Å². The van der Waals surface area contributed by atoms with Gasteiger partial charge in [-0.3, -0.25) is 4.79 Å². The smallest absolute Gasteiger partial charge is 0.227 e. The molecule has 0 aliphatic heterocycles. The fourth-order valence-corrected chi connectivity index (χ4v) is 3.41.